The van der Waals surface area contributed by atoms with Crippen molar-refractivity contribution in [2.45, 2.75) is 33.3 Å². The number of nitrogens with zero attached hydrogens (tertiary/aromatic N) is 4. The third-order valence-electron chi connectivity index (χ3n) is 3.69. The first-order valence-electron chi connectivity index (χ1n) is 8.06. The Labute approximate surface area is 166 Å². The molecule has 0 atom stereocenters. The smallest absolute Gasteiger partial charge is 0.342 e. The maximum absolute atomic E-state index is 12.9. The van der Waals surface area contributed by atoms with Crippen LogP contribution in [0.1, 0.15) is 36.8 Å². The van der Waals surface area contributed by atoms with Crippen molar-refractivity contribution in [2.24, 2.45) is 0 Å². The summed E-state index contributed by atoms with van der Waals surface area (Å²) in [7, 11) is 0. The number of aromatic nitrogens is 3. The number of halogens is 2. The Hall–Kier alpha value is -2.62. The van der Waals surface area contributed by atoms with Gasteiger partial charge in [-0.25, -0.2) is 4.79 Å². The zero-order valence-corrected chi connectivity index (χ0v) is 16.7. The van der Waals surface area contributed by atoms with Crippen LogP contribution in [0, 0.1) is 13.5 Å². The molecule has 3 rings (SSSR count). The lowest BCUT2D eigenvalue weighted by Crippen LogP contribution is -2.25. The summed E-state index contributed by atoms with van der Waals surface area (Å²) >= 11 is 12.4. The minimum absolute atomic E-state index is 0.162. The first kappa shape index (κ1) is 19.2. The van der Waals surface area contributed by atoms with Gasteiger partial charge in [-0.3, -0.25) is 4.40 Å². The van der Waals surface area contributed by atoms with Crippen molar-refractivity contribution in [3.8, 4) is 11.3 Å². The summed E-state index contributed by atoms with van der Waals surface area (Å²) in [5.41, 5.74) is 1.02. The molecule has 2 heterocycles. The molecule has 2 aromatic heterocycles. The number of carbonyl (C=O) groups is 1. The maximum Gasteiger partial charge on any atom is 0.342 e. The summed E-state index contributed by atoms with van der Waals surface area (Å²) in [5, 5.41) is 0.828. The summed E-state index contributed by atoms with van der Waals surface area (Å²) < 4.78 is 7.15. The van der Waals surface area contributed by atoms with Gasteiger partial charge in [0, 0.05) is 16.8 Å². The van der Waals surface area contributed by atoms with Crippen molar-refractivity contribution >= 4 is 40.8 Å². The van der Waals surface area contributed by atoms with Crippen LogP contribution in [0.3, 0.4) is 0 Å². The minimum Gasteiger partial charge on any atom is -0.456 e. The number of fused-ring (bicyclic) bond motifs is 1. The summed E-state index contributed by atoms with van der Waals surface area (Å²) in [4.78, 5) is 24.8. The van der Waals surface area contributed by atoms with Crippen molar-refractivity contribution in [3.63, 3.8) is 0 Å². The molecule has 27 heavy (non-hydrogen) atoms. The van der Waals surface area contributed by atoms with Gasteiger partial charge in [0.15, 0.2) is 0 Å². The first-order chi connectivity index (χ1) is 12.6. The number of rotatable bonds is 2. The topological polar surface area (TPSA) is 60.9 Å². The largest absolute Gasteiger partial charge is 0.456 e. The van der Waals surface area contributed by atoms with E-state index in [1.165, 1.54) is 6.20 Å². The lowest BCUT2D eigenvalue weighted by Gasteiger charge is -2.21. The monoisotopic (exact) mass is 402 g/mol. The average Bonchev–Trinajstić information content (AvgIpc) is 2.95. The maximum atomic E-state index is 12.9. The van der Waals surface area contributed by atoms with Crippen LogP contribution in [0.4, 0.5) is 5.82 Å². The summed E-state index contributed by atoms with van der Waals surface area (Å²) in [6.45, 7) is 14.3. The average molecular weight is 403 g/mol. The second-order valence-electron chi connectivity index (χ2n) is 6.93. The molecule has 8 heteroatoms. The van der Waals surface area contributed by atoms with Gasteiger partial charge in [-0.05, 0) is 45.9 Å². The minimum atomic E-state index is -0.684. The van der Waals surface area contributed by atoms with Crippen molar-refractivity contribution in [1.29, 1.82) is 0 Å². The molecule has 3 aromatic rings. The van der Waals surface area contributed by atoms with Gasteiger partial charge in [-0.1, -0.05) is 34.8 Å². The summed E-state index contributed by atoms with van der Waals surface area (Å²) in [6, 6.07) is 4.98. The van der Waals surface area contributed by atoms with Gasteiger partial charge in [0.05, 0.1) is 16.4 Å². The summed E-state index contributed by atoms with van der Waals surface area (Å²) in [5.74, 6) is -0.0742. The third kappa shape index (κ3) is 3.75. The molecule has 0 spiro atoms. The Balaban J connectivity index is 2.39. The zero-order valence-electron chi connectivity index (χ0n) is 15.2. The molecule has 0 aliphatic heterocycles. The van der Waals surface area contributed by atoms with Crippen molar-refractivity contribution in [3.05, 3.63) is 57.1 Å². The second kappa shape index (κ2) is 6.84. The molecule has 0 unspecified atom stereocenters. The van der Waals surface area contributed by atoms with E-state index in [2.05, 4.69) is 14.8 Å². The second-order valence-corrected chi connectivity index (χ2v) is 7.77. The van der Waals surface area contributed by atoms with Crippen LogP contribution in [0.2, 0.25) is 10.0 Å². The van der Waals surface area contributed by atoms with Gasteiger partial charge in [0.25, 0.3) is 5.82 Å². The number of esters is 1. The van der Waals surface area contributed by atoms with Crippen LogP contribution in [0.5, 0.6) is 0 Å². The molecule has 0 aliphatic rings. The number of hydrogen-bond donors (Lipinski definition) is 0. The Kier molecular flexibility index (Phi) is 4.85. The number of imidazole rings is 1. The van der Waals surface area contributed by atoms with E-state index in [0.29, 0.717) is 32.8 Å². The Morgan fingerprint density at radius 1 is 1.26 bits per heavy atom. The predicted molar refractivity (Wildman–Crippen MR) is 105 cm³/mol. The fourth-order valence-corrected chi connectivity index (χ4v) is 3.17. The Morgan fingerprint density at radius 3 is 2.56 bits per heavy atom. The van der Waals surface area contributed by atoms with Crippen molar-refractivity contribution in [1.82, 2.24) is 14.4 Å². The molecule has 138 valence electrons. The molecule has 1 aromatic carbocycles. The molecule has 6 nitrogen and oxygen atoms in total. The zero-order chi connectivity index (χ0) is 19.9. The number of aryl methyl sites for hydroxylation is 1. The molecule has 0 radical (unpaired) electrons. The quantitative estimate of drug-likeness (QED) is 0.418. The Bertz CT molecular complexity index is 1110. The first-order valence-corrected chi connectivity index (χ1v) is 8.82. The molecule has 0 bridgehead atoms. The van der Waals surface area contributed by atoms with Crippen molar-refractivity contribution in [2.75, 3.05) is 0 Å². The van der Waals surface area contributed by atoms with Crippen LogP contribution >= 0.6 is 23.2 Å². The van der Waals surface area contributed by atoms with E-state index in [1.54, 1.807) is 50.3 Å². The van der Waals surface area contributed by atoms with E-state index in [-0.39, 0.29) is 11.4 Å². The lowest BCUT2D eigenvalue weighted by atomic mass is 10.0. The van der Waals surface area contributed by atoms with Crippen LogP contribution in [-0.2, 0) is 4.74 Å². The van der Waals surface area contributed by atoms with Gasteiger partial charge >= 0.3 is 11.7 Å². The highest BCUT2D eigenvalue weighted by Crippen LogP contribution is 2.35. The van der Waals surface area contributed by atoms with Gasteiger partial charge < -0.3 is 9.58 Å². The molecule has 0 saturated heterocycles. The van der Waals surface area contributed by atoms with E-state index in [0.717, 1.165) is 0 Å². The highest BCUT2D eigenvalue weighted by molar-refractivity contribution is 6.36. The number of carbonyl (C=O) groups excluding carboxylic acids is 1. The van der Waals surface area contributed by atoms with E-state index >= 15 is 0 Å². The van der Waals surface area contributed by atoms with E-state index in [1.807, 2.05) is 0 Å². The third-order valence-corrected chi connectivity index (χ3v) is 4.23. The molecule has 0 saturated carbocycles. The lowest BCUT2D eigenvalue weighted by molar-refractivity contribution is 0.00687. The molecular formula is C19H16Cl2N4O2. The highest BCUT2D eigenvalue weighted by Gasteiger charge is 2.28. The van der Waals surface area contributed by atoms with Crippen LogP contribution in [0.15, 0.2) is 24.4 Å². The highest BCUT2D eigenvalue weighted by atomic mass is 35.5. The number of benzene rings is 1. The molecule has 0 fully saturated rings. The Morgan fingerprint density at radius 2 is 1.96 bits per heavy atom. The molecular weight excluding hydrogens is 387 g/mol. The number of ether oxygens (including phenoxy) is 1. The van der Waals surface area contributed by atoms with E-state index in [4.69, 9.17) is 34.5 Å². The fraction of sp³-hybridized carbons (Fsp3) is 0.263. The van der Waals surface area contributed by atoms with Crippen LogP contribution in [-0.4, -0.2) is 25.9 Å². The van der Waals surface area contributed by atoms with Gasteiger partial charge in [0.2, 0.25) is 0 Å². The van der Waals surface area contributed by atoms with Gasteiger partial charge in [-0.15, -0.1) is 0 Å². The predicted octanol–water partition coefficient (Wildman–Crippen LogP) is 5.52. The fourth-order valence-electron chi connectivity index (χ4n) is 2.67. The van der Waals surface area contributed by atoms with Crippen LogP contribution < -0.4 is 0 Å². The molecule has 0 amide bonds. The SMILES string of the molecule is [C-]#[N+]c1cn2c(-c3ccc(Cl)cc3Cl)c(C(=O)OC(C)(C)C)c(C)nc2n1. The number of hydrogen-bond acceptors (Lipinski definition) is 4. The van der Waals surface area contributed by atoms with Gasteiger partial charge in [0.1, 0.15) is 11.2 Å². The van der Waals surface area contributed by atoms with Crippen LogP contribution in [0.25, 0.3) is 21.9 Å². The van der Waals surface area contributed by atoms with Gasteiger partial charge in [-0.2, -0.15) is 4.98 Å². The van der Waals surface area contributed by atoms with E-state index in [9.17, 15) is 4.79 Å². The van der Waals surface area contributed by atoms with E-state index < -0.39 is 11.6 Å². The summed E-state index contributed by atoms with van der Waals surface area (Å²) in [6.07, 6.45) is 1.52. The normalized spacial score (nSPS) is 11.4. The van der Waals surface area contributed by atoms with Crippen molar-refractivity contribution < 1.29 is 9.53 Å². The standard InChI is InChI=1S/C19H16Cl2N4O2/c1-10-15(17(26)27-19(2,3)4)16(12-7-6-11(20)8-13(12)21)25-9-14(22-5)24-18(25)23-10/h6-9H,1-4H3. The molecule has 0 N–H and O–H groups in total. The molecule has 0 aliphatic carbocycles.